The Morgan fingerprint density at radius 1 is 0.955 bits per heavy atom. The third-order valence-corrected chi connectivity index (χ3v) is 3.80. The zero-order chi connectivity index (χ0) is 16.9. The molecule has 120 valence electrons. The van der Waals surface area contributed by atoms with Gasteiger partial charge in [0.25, 0.3) is 0 Å². The van der Waals surface area contributed by atoms with Gasteiger partial charge in [-0.25, -0.2) is 17.2 Å². The van der Waals surface area contributed by atoms with Crippen LogP contribution in [0.5, 0.6) is 11.5 Å². The summed E-state index contributed by atoms with van der Waals surface area (Å²) < 4.78 is 54.4. The molecule has 2 rings (SSSR count). The maximum Gasteiger partial charge on any atom is 0.175 e. The van der Waals surface area contributed by atoms with Crippen molar-refractivity contribution in [2.45, 2.75) is 25.7 Å². The minimum atomic E-state index is -3.31. The summed E-state index contributed by atoms with van der Waals surface area (Å²) in [4.78, 5) is 0.155. The molecule has 6 heteroatoms. The average molecular weight is 328 g/mol. The Bertz CT molecular complexity index is 756. The fourth-order valence-corrected chi connectivity index (χ4v) is 2.35. The second-order valence-corrected chi connectivity index (χ2v) is 6.39. The highest BCUT2D eigenvalue weighted by molar-refractivity contribution is 7.90. The molecule has 0 spiro atoms. The van der Waals surface area contributed by atoms with Crippen molar-refractivity contribution in [1.29, 1.82) is 0 Å². The molecule has 0 aliphatic heterocycles. The summed E-state index contributed by atoms with van der Waals surface area (Å²) in [5, 5.41) is 0. The third-order valence-electron chi connectivity index (χ3n) is 2.69. The van der Waals surface area contributed by atoms with E-state index in [-0.39, 0.29) is 10.6 Å². The topological polar surface area (TPSA) is 43.4 Å². The number of hydrogen-bond acceptors (Lipinski definition) is 3. The molecule has 0 aromatic heterocycles. The number of ether oxygens (including phenoxy) is 1. The molecule has 0 amide bonds. The predicted octanol–water partition coefficient (Wildman–Crippen LogP) is 4.50. The molecule has 3 nitrogen and oxygen atoms in total. The monoisotopic (exact) mass is 328 g/mol. The zero-order valence-electron chi connectivity index (χ0n) is 12.9. The molecule has 2 aromatic rings. The van der Waals surface area contributed by atoms with Crippen LogP contribution in [0.4, 0.5) is 8.78 Å². The molecule has 0 radical (unpaired) electrons. The van der Waals surface area contributed by atoms with E-state index in [0.29, 0.717) is 11.3 Å². The first-order valence-electron chi connectivity index (χ1n) is 6.71. The molecule has 22 heavy (non-hydrogen) atoms. The molecule has 0 saturated carbocycles. The van der Waals surface area contributed by atoms with Gasteiger partial charge in [0.2, 0.25) is 0 Å². The molecular weight excluding hydrogens is 310 g/mol. The Morgan fingerprint density at radius 3 is 2.05 bits per heavy atom. The van der Waals surface area contributed by atoms with Crippen molar-refractivity contribution in [1.82, 2.24) is 0 Å². The molecular formula is C16H18F2O3S. The molecule has 0 N–H and O–H groups in total. The molecule has 0 unspecified atom stereocenters. The van der Waals surface area contributed by atoms with Crippen molar-refractivity contribution in [2.75, 3.05) is 6.26 Å². The van der Waals surface area contributed by atoms with E-state index in [9.17, 15) is 17.2 Å². The van der Waals surface area contributed by atoms with Crippen LogP contribution in [-0.4, -0.2) is 14.7 Å². The van der Waals surface area contributed by atoms with Gasteiger partial charge in [-0.3, -0.25) is 0 Å². The fraction of sp³-hybridized carbons (Fsp3) is 0.250. The molecule has 0 saturated heterocycles. The van der Waals surface area contributed by atoms with Crippen molar-refractivity contribution >= 4 is 9.84 Å². The number of sulfone groups is 1. The molecule has 0 fully saturated rings. The van der Waals surface area contributed by atoms with E-state index >= 15 is 0 Å². The second kappa shape index (κ2) is 7.35. The van der Waals surface area contributed by atoms with E-state index in [0.717, 1.165) is 18.4 Å². The Labute approximate surface area is 129 Å². The van der Waals surface area contributed by atoms with Crippen LogP contribution in [0.25, 0.3) is 0 Å². The number of rotatable bonds is 3. The summed E-state index contributed by atoms with van der Waals surface area (Å²) in [6, 6.07) is 7.22. The van der Waals surface area contributed by atoms with Crippen LogP contribution in [0.3, 0.4) is 0 Å². The average Bonchev–Trinajstić information content (AvgIpc) is 2.45. The number of hydrogen-bond donors (Lipinski definition) is 0. The summed E-state index contributed by atoms with van der Waals surface area (Å²) in [6.07, 6.45) is 1.10. The van der Waals surface area contributed by atoms with Crippen LogP contribution < -0.4 is 4.74 Å². The molecule has 0 bridgehead atoms. The van der Waals surface area contributed by atoms with Gasteiger partial charge in [0.1, 0.15) is 11.6 Å². The Balaban J connectivity index is 0.00000116. The van der Waals surface area contributed by atoms with E-state index in [1.54, 1.807) is 6.92 Å². The number of halogens is 2. The normalized spacial score (nSPS) is 10.6. The van der Waals surface area contributed by atoms with Crippen LogP contribution in [0.15, 0.2) is 41.3 Å². The van der Waals surface area contributed by atoms with Crippen molar-refractivity contribution in [3.8, 4) is 11.5 Å². The van der Waals surface area contributed by atoms with Crippen LogP contribution in [0.2, 0.25) is 0 Å². The van der Waals surface area contributed by atoms with Gasteiger partial charge in [-0.2, -0.15) is 0 Å². The first kappa shape index (κ1) is 18.1. The van der Waals surface area contributed by atoms with Gasteiger partial charge in [0.15, 0.2) is 21.4 Å². The lowest BCUT2D eigenvalue weighted by molar-refractivity contribution is 0.435. The van der Waals surface area contributed by atoms with Crippen LogP contribution >= 0.6 is 0 Å². The number of benzene rings is 2. The van der Waals surface area contributed by atoms with Crippen molar-refractivity contribution in [3.05, 3.63) is 53.6 Å². The largest absolute Gasteiger partial charge is 0.454 e. The maximum atomic E-state index is 13.5. The van der Waals surface area contributed by atoms with Crippen LogP contribution in [0.1, 0.15) is 19.4 Å². The van der Waals surface area contributed by atoms with E-state index in [1.807, 2.05) is 13.8 Å². The standard InChI is InChI=1S/C14H12F2O3S.C2H6/c1-9-7-11(20(2,17)18)4-6-13(9)19-14-5-3-10(15)8-12(14)16;1-2/h3-8H,1-2H3;1-2H3. The van der Waals surface area contributed by atoms with E-state index < -0.39 is 21.5 Å². The predicted molar refractivity (Wildman–Crippen MR) is 82.1 cm³/mol. The van der Waals surface area contributed by atoms with E-state index in [2.05, 4.69) is 0 Å². The lowest BCUT2D eigenvalue weighted by Gasteiger charge is -2.10. The van der Waals surface area contributed by atoms with Gasteiger partial charge in [-0.1, -0.05) is 13.8 Å². The zero-order valence-corrected chi connectivity index (χ0v) is 13.7. The molecule has 0 aliphatic rings. The highest BCUT2D eigenvalue weighted by Gasteiger charge is 2.12. The lowest BCUT2D eigenvalue weighted by Crippen LogP contribution is -1.98. The second-order valence-electron chi connectivity index (χ2n) is 4.38. The Morgan fingerprint density at radius 2 is 1.55 bits per heavy atom. The highest BCUT2D eigenvalue weighted by Crippen LogP contribution is 2.29. The number of aryl methyl sites for hydroxylation is 1. The first-order chi connectivity index (χ1) is 10.3. The van der Waals surface area contributed by atoms with Crippen molar-refractivity contribution in [3.63, 3.8) is 0 Å². The summed E-state index contributed by atoms with van der Waals surface area (Å²) in [6.45, 7) is 5.64. The summed E-state index contributed by atoms with van der Waals surface area (Å²) in [5.74, 6) is -1.33. The smallest absolute Gasteiger partial charge is 0.175 e. The van der Waals surface area contributed by atoms with Gasteiger partial charge >= 0.3 is 0 Å². The molecule has 0 heterocycles. The minimum Gasteiger partial charge on any atom is -0.454 e. The van der Waals surface area contributed by atoms with Crippen LogP contribution in [-0.2, 0) is 9.84 Å². The minimum absolute atomic E-state index is 0.124. The van der Waals surface area contributed by atoms with Crippen LogP contribution in [0, 0.1) is 18.6 Å². The van der Waals surface area contributed by atoms with Gasteiger partial charge in [0.05, 0.1) is 4.90 Å². The van der Waals surface area contributed by atoms with Gasteiger partial charge in [-0.15, -0.1) is 0 Å². The first-order valence-corrected chi connectivity index (χ1v) is 8.60. The van der Waals surface area contributed by atoms with E-state index in [1.165, 1.54) is 24.3 Å². The quantitative estimate of drug-likeness (QED) is 0.833. The lowest BCUT2D eigenvalue weighted by atomic mass is 10.2. The summed E-state index contributed by atoms with van der Waals surface area (Å²) >= 11 is 0. The van der Waals surface area contributed by atoms with E-state index in [4.69, 9.17) is 4.74 Å². The van der Waals surface area contributed by atoms with Gasteiger partial charge in [0, 0.05) is 12.3 Å². The molecule has 2 aromatic carbocycles. The Hall–Kier alpha value is -1.95. The summed E-state index contributed by atoms with van der Waals surface area (Å²) in [7, 11) is -3.31. The Kier molecular flexibility index (Phi) is 6.05. The third kappa shape index (κ3) is 4.53. The van der Waals surface area contributed by atoms with Gasteiger partial charge in [-0.05, 0) is 42.8 Å². The summed E-state index contributed by atoms with van der Waals surface area (Å²) in [5.41, 5.74) is 0.539. The van der Waals surface area contributed by atoms with Crippen molar-refractivity contribution in [2.24, 2.45) is 0 Å². The SMILES string of the molecule is CC.Cc1cc(S(C)(=O)=O)ccc1Oc1ccc(F)cc1F. The highest BCUT2D eigenvalue weighted by atomic mass is 32.2. The maximum absolute atomic E-state index is 13.5. The van der Waals surface area contributed by atoms with Gasteiger partial charge < -0.3 is 4.74 Å². The molecule has 0 atom stereocenters. The fourth-order valence-electron chi connectivity index (χ4n) is 1.64. The van der Waals surface area contributed by atoms with Crippen molar-refractivity contribution < 1.29 is 21.9 Å². The molecule has 0 aliphatic carbocycles.